The molecule has 26 rings (SSSR count). The monoisotopic (exact) mass is 1840 g/mol. The zero-order valence-corrected chi connectivity index (χ0v) is 78.9. The van der Waals surface area contributed by atoms with Crippen molar-refractivity contribution in [2.45, 2.75) is 31.3 Å². The molecule has 0 aromatic heterocycles. The van der Waals surface area contributed by atoms with Crippen LogP contribution in [0, 0.1) is 0 Å². The van der Waals surface area contributed by atoms with E-state index in [1.807, 2.05) is 72.8 Å². The average molecular weight is 1840 g/mol. The van der Waals surface area contributed by atoms with Crippen LogP contribution in [-0.4, -0.2) is 6.61 Å². The Labute approximate surface area is 828 Å². The summed E-state index contributed by atoms with van der Waals surface area (Å²) in [6, 6.07) is 148. The lowest BCUT2D eigenvalue weighted by Gasteiger charge is -2.27. The normalized spacial score (nSPS) is 11.6. The molecule has 22 aromatic rings. The van der Waals surface area contributed by atoms with E-state index in [9.17, 15) is 0 Å². The van der Waals surface area contributed by atoms with E-state index in [1.165, 1.54) is 236 Å². The molecule has 0 atom stereocenters. The lowest BCUT2D eigenvalue weighted by atomic mass is 9.84. The molecule has 4 aliphatic carbocycles. The van der Waals surface area contributed by atoms with E-state index in [4.69, 9.17) is 37.9 Å². The molecule has 8 nitrogen and oxygen atoms in total. The van der Waals surface area contributed by atoms with Crippen LogP contribution < -0.4 is 28.4 Å². The quantitative estimate of drug-likeness (QED) is 0.0507. The summed E-state index contributed by atoms with van der Waals surface area (Å²) in [6.45, 7) is 29.6. The zero-order valence-electron chi connectivity index (χ0n) is 78.9. The predicted molar refractivity (Wildman–Crippen MR) is 594 cm³/mol. The van der Waals surface area contributed by atoms with Crippen LogP contribution in [0.5, 0.6) is 34.5 Å². The van der Waals surface area contributed by atoms with Gasteiger partial charge in [-0.05, 0) is 279 Å². The van der Waals surface area contributed by atoms with Gasteiger partial charge in [0.2, 0.25) is 0 Å². The fourth-order valence-electron chi connectivity index (χ4n) is 19.9. The van der Waals surface area contributed by atoms with Gasteiger partial charge in [-0.25, -0.2) is 0 Å². The maximum atomic E-state index is 5.70. The molecule has 0 aliphatic heterocycles. The number of hydrogen-bond acceptors (Lipinski definition) is 8. The Morgan fingerprint density at radius 3 is 1.10 bits per heavy atom. The highest BCUT2D eigenvalue weighted by Crippen LogP contribution is 2.47. The van der Waals surface area contributed by atoms with Gasteiger partial charge in [-0.15, -0.1) is 0 Å². The van der Waals surface area contributed by atoms with Crippen LogP contribution in [0.1, 0.15) is 67.7 Å². The van der Waals surface area contributed by atoms with Gasteiger partial charge in [-0.3, -0.25) is 0 Å². The second kappa shape index (κ2) is 43.8. The van der Waals surface area contributed by atoms with Crippen molar-refractivity contribution in [1.82, 2.24) is 0 Å². The summed E-state index contributed by atoms with van der Waals surface area (Å²) < 4.78 is 43.5. The Morgan fingerprint density at radius 2 is 0.535 bits per heavy atom. The van der Waals surface area contributed by atoms with Crippen molar-refractivity contribution >= 4 is 108 Å². The first-order valence-electron chi connectivity index (χ1n) is 47.5. The molecule has 0 heterocycles. The van der Waals surface area contributed by atoms with E-state index < -0.39 is 0 Å². The Morgan fingerprint density at radius 1 is 0.197 bits per heavy atom. The molecule has 4 aliphatic rings. The van der Waals surface area contributed by atoms with Crippen molar-refractivity contribution in [2.75, 3.05) is 6.61 Å². The smallest absolute Gasteiger partial charge is 0.148 e. The van der Waals surface area contributed by atoms with Crippen molar-refractivity contribution in [2.24, 2.45) is 0 Å². The van der Waals surface area contributed by atoms with Crippen LogP contribution in [-0.2, 0) is 28.7 Å². The van der Waals surface area contributed by atoms with Crippen molar-refractivity contribution < 1.29 is 37.9 Å². The minimum absolute atomic E-state index is 0.00588. The summed E-state index contributed by atoms with van der Waals surface area (Å²) in [4.78, 5) is 0. The SMILES string of the molecule is C=COC1c2ccccc2Cc2ccccc21.C=COCC1c2ccccc2-c2ccccc21.C=COc1cc2ccccc2c2ccccc12.C=COc1ccc2c(c1)Cc1ccccc1-2.C=COc1ccc2cc3cc4ccccc4cc3cc2c1.C=COc1ccc2cc3ccccc3cc2c1.C=COc1cccc2c1Cc1ccccc1-2.C=COc1cccc2c1ccc1c3ccccc3ccc21. The summed E-state index contributed by atoms with van der Waals surface area (Å²) in [6.07, 6.45) is 14.8. The lowest BCUT2D eigenvalue weighted by Crippen LogP contribution is -2.14. The largest absolute Gasteiger partial charge is 0.501 e. The molecular weight excluding hydrogens is 1740 g/mol. The molecule has 0 bridgehead atoms. The van der Waals surface area contributed by atoms with Gasteiger partial charge in [-0.2, -0.15) is 0 Å². The molecule has 0 spiro atoms. The third-order valence-electron chi connectivity index (χ3n) is 26.3. The molecule has 688 valence electrons. The van der Waals surface area contributed by atoms with Crippen LogP contribution in [0.4, 0.5) is 0 Å². The first kappa shape index (κ1) is 92.8. The van der Waals surface area contributed by atoms with Crippen LogP contribution in [0.15, 0.2) is 527 Å². The highest BCUT2D eigenvalue weighted by Gasteiger charge is 2.30. The van der Waals surface area contributed by atoms with Gasteiger partial charge in [0.25, 0.3) is 0 Å². The highest BCUT2D eigenvalue weighted by atomic mass is 16.5. The van der Waals surface area contributed by atoms with Crippen molar-refractivity contribution in [3.63, 3.8) is 0 Å². The first-order valence-corrected chi connectivity index (χ1v) is 47.5. The molecule has 8 heteroatoms. The van der Waals surface area contributed by atoms with E-state index in [0.717, 1.165) is 64.5 Å². The predicted octanol–water partition coefficient (Wildman–Crippen LogP) is 35.7. The minimum Gasteiger partial charge on any atom is -0.501 e. The van der Waals surface area contributed by atoms with Crippen LogP contribution in [0.2, 0.25) is 0 Å². The number of fused-ring (bicyclic) bond motifs is 24. The zero-order chi connectivity index (χ0) is 97.0. The number of ether oxygens (including phenoxy) is 8. The average Bonchev–Trinajstić information content (AvgIpc) is 1.53. The van der Waals surface area contributed by atoms with E-state index >= 15 is 0 Å². The van der Waals surface area contributed by atoms with Gasteiger partial charge in [0, 0.05) is 39.8 Å². The van der Waals surface area contributed by atoms with E-state index in [0.29, 0.717) is 12.5 Å². The number of benzene rings is 22. The summed E-state index contributed by atoms with van der Waals surface area (Å²) in [5, 5.41) is 24.5. The van der Waals surface area contributed by atoms with Gasteiger partial charge in [0.1, 0.15) is 40.6 Å². The fraction of sp³-hybridized carbons (Fsp3) is 0.0448. The Balaban J connectivity index is 0.000000103. The van der Waals surface area contributed by atoms with Crippen molar-refractivity contribution in [3.8, 4) is 67.9 Å². The highest BCUT2D eigenvalue weighted by molar-refractivity contribution is 6.18. The molecule has 22 aromatic carbocycles. The fourth-order valence-corrected chi connectivity index (χ4v) is 19.9. The maximum absolute atomic E-state index is 5.70. The van der Waals surface area contributed by atoms with E-state index in [1.54, 1.807) is 0 Å². The molecule has 0 unspecified atom stereocenters. The minimum atomic E-state index is -0.00588. The molecule has 0 amide bonds. The number of hydrogen-bond donors (Lipinski definition) is 0. The third-order valence-corrected chi connectivity index (χ3v) is 26.3. The summed E-state index contributed by atoms with van der Waals surface area (Å²) >= 11 is 0. The molecule has 0 fully saturated rings. The van der Waals surface area contributed by atoms with Gasteiger partial charge >= 0.3 is 0 Å². The molecule has 0 N–H and O–H groups in total. The maximum Gasteiger partial charge on any atom is 0.148 e. The summed E-state index contributed by atoms with van der Waals surface area (Å²) in [7, 11) is 0. The van der Waals surface area contributed by atoms with Crippen LogP contribution in [0.25, 0.3) is 141 Å². The third kappa shape index (κ3) is 20.2. The Kier molecular flexibility index (Phi) is 28.7. The second-order valence-electron chi connectivity index (χ2n) is 34.5. The summed E-state index contributed by atoms with van der Waals surface area (Å²) in [5.41, 5.74) is 21.2. The Bertz CT molecular complexity index is 8430. The number of rotatable bonds is 17. The van der Waals surface area contributed by atoms with Crippen LogP contribution >= 0.6 is 0 Å². The van der Waals surface area contributed by atoms with Crippen molar-refractivity contribution in [1.29, 1.82) is 0 Å². The van der Waals surface area contributed by atoms with Gasteiger partial charge in [-0.1, -0.05) is 380 Å². The van der Waals surface area contributed by atoms with Crippen molar-refractivity contribution in [3.05, 3.63) is 583 Å². The summed E-state index contributed by atoms with van der Waals surface area (Å²) in [5.74, 6) is 5.46. The second-order valence-corrected chi connectivity index (χ2v) is 34.5. The molecule has 0 radical (unpaired) electrons. The lowest BCUT2D eigenvalue weighted by molar-refractivity contribution is 0.180. The standard InChI is InChI=1S/2C20H14O.2C16H14O.2C16H12O.2C15H12O/c1-2-21-20-9-5-8-16-18-11-10-14-6-3-4-7-15(14)17(18)12-13-19(16)20;1-2-21-20-8-7-16-11-17-9-14-5-3-4-6-15(14)10-18(17)12-19(16)13-20;1-2-17-11-16-14-9-5-3-7-12(14)13-8-4-6-10-15(13)16;1-2-17-16-14-9-5-3-7-12(14)11-13-8-4-6-10-15(13)16;1-2-17-16-11-12-7-3-4-8-13(12)14-9-5-6-10-15(14)16;1-2-17-16-8-7-14-9-12-5-3-4-6-13(12)10-15(14)11-16;1-2-16-15-9-5-8-13-12-7-4-3-6-11(12)10-14(13)15;1-2-16-13-7-8-15-12(10-13)9-11-5-3-4-6-14(11)15/h2*2-13H,1H2;2*2-10,16H,1,11H2;2*2-11H,1H2;2-9H,1,10H2;2-8,10H,1,9H2. The molecule has 0 saturated carbocycles. The molecule has 142 heavy (non-hydrogen) atoms. The van der Waals surface area contributed by atoms with Gasteiger partial charge in [0.05, 0.1) is 56.7 Å². The van der Waals surface area contributed by atoms with Gasteiger partial charge < -0.3 is 37.9 Å². The van der Waals surface area contributed by atoms with E-state index in [2.05, 4.69) is 404 Å². The van der Waals surface area contributed by atoms with E-state index in [-0.39, 0.29) is 6.10 Å². The van der Waals surface area contributed by atoms with Gasteiger partial charge in [0.15, 0.2) is 0 Å². The Hall–Kier alpha value is -18.2. The first-order chi connectivity index (χ1) is 70.1. The molecular formula is C134H104O8. The topological polar surface area (TPSA) is 73.8 Å². The molecule has 0 saturated heterocycles. The van der Waals surface area contributed by atoms with Crippen LogP contribution in [0.3, 0.4) is 0 Å².